The highest BCUT2D eigenvalue weighted by molar-refractivity contribution is 7.52. The smallest absolute Gasteiger partial charge is 0.409 e. The summed E-state index contributed by atoms with van der Waals surface area (Å²) < 4.78 is 60.2. The lowest BCUT2D eigenvalue weighted by molar-refractivity contribution is -0.144. The van der Waals surface area contributed by atoms with Crippen LogP contribution in [0.1, 0.15) is 113 Å². The Hall–Kier alpha value is -8.18. The quantitative estimate of drug-likeness (QED) is 0.0452. The molecule has 1 unspecified atom stereocenters. The first-order valence-corrected chi connectivity index (χ1v) is 30.4. The zero-order valence-corrected chi connectivity index (χ0v) is 48.3. The van der Waals surface area contributed by atoms with E-state index in [1.165, 1.54) is 45.0 Å². The number of likely N-dealkylation sites (tertiary alicyclic amines) is 1. The molecule has 0 radical (unpaired) electrons. The van der Waals surface area contributed by atoms with Crippen LogP contribution in [0.4, 0.5) is 18.0 Å². The van der Waals surface area contributed by atoms with Crippen LogP contribution in [0.15, 0.2) is 66.7 Å². The van der Waals surface area contributed by atoms with Gasteiger partial charge in [0.25, 0.3) is 11.8 Å². The highest BCUT2D eigenvalue weighted by Crippen LogP contribution is 2.59. The Kier molecular flexibility index (Phi) is 19.0. The molecule has 5 aliphatic heterocycles. The summed E-state index contributed by atoms with van der Waals surface area (Å²) in [6, 6.07) is 7.63. The van der Waals surface area contributed by atoms with Gasteiger partial charge in [0.05, 0.1) is 18.5 Å². The zero-order chi connectivity index (χ0) is 61.8. The molecule has 4 saturated heterocycles. The van der Waals surface area contributed by atoms with Crippen molar-refractivity contribution in [2.45, 2.75) is 126 Å². The number of fused-ring (bicyclic) bond motifs is 3. The maximum atomic E-state index is 14.7. The van der Waals surface area contributed by atoms with Crippen molar-refractivity contribution in [3.63, 3.8) is 0 Å². The number of halogens is 3. The molecule has 6 atom stereocenters. The van der Waals surface area contributed by atoms with Gasteiger partial charge in [-0.05, 0) is 116 Å². The van der Waals surface area contributed by atoms with Gasteiger partial charge in [0.15, 0.2) is 0 Å². The summed E-state index contributed by atoms with van der Waals surface area (Å²) in [6.45, 7) is 0.402. The first-order valence-electron chi connectivity index (χ1n) is 28.0. The number of hydrogen-bond donors (Lipinski definition) is 7. The molecule has 0 bridgehead atoms. The maximum Gasteiger partial charge on any atom is 0.409 e. The van der Waals surface area contributed by atoms with Crippen molar-refractivity contribution in [3.05, 3.63) is 105 Å². The standard InChI is InChI=1S/C58H63F3N9O14PS/c1-84-57(80)68-26-23-38-14-16-45(70(38)56(79)43(31-68)65-53(76)47-29-35-28-36(11-18-46(35)86-47)58(60,61)85(81,82)83)52(75)63-41(15-19-48(62)71)50(73)64-42(27-33-9-12-37(59)13-10-33)55(78)67-24-21-32(22-25-67)5-2-3-6-34-7-4-8-39-40(34)30-69(54(39)77)44-17-20-49(72)66-51(44)74/h4,7-13,18,28-29,32,38,41-45H,2,5,14-17,19-27,30-31H2,1H3,(H2,62,71)(H,63,75)(H,64,73)(H,65,76)(H,66,72,74)(H2,81,82,83)/t38-,41+,42+,43+,44?,45+/m1/s1. The number of methoxy groups -OCH3 is 1. The number of alkyl halides is 2. The number of imide groups is 1. The average Bonchev–Trinajstić information content (AvgIpc) is 2.92. The fourth-order valence-electron chi connectivity index (χ4n) is 11.7. The molecular weight excluding hydrogens is 1170 g/mol. The first-order chi connectivity index (χ1) is 40.9. The molecule has 8 N–H and O–H groups in total. The van der Waals surface area contributed by atoms with Gasteiger partial charge in [0, 0.05) is 79.3 Å². The van der Waals surface area contributed by atoms with Crippen molar-refractivity contribution < 1.29 is 80.2 Å². The van der Waals surface area contributed by atoms with E-state index >= 15 is 0 Å². The molecule has 4 fully saturated rings. The fraction of sp³-hybridized carbons (Fsp3) is 0.448. The Labute approximate surface area is 495 Å². The van der Waals surface area contributed by atoms with Crippen LogP contribution in [-0.4, -0.2) is 158 Å². The molecular formula is C58H63F3N9O14PS. The van der Waals surface area contributed by atoms with Crippen LogP contribution >= 0.6 is 18.9 Å². The minimum Gasteiger partial charge on any atom is -0.453 e. The van der Waals surface area contributed by atoms with E-state index in [2.05, 4.69) is 33.1 Å². The summed E-state index contributed by atoms with van der Waals surface area (Å²) in [6.07, 6.45) is 1.61. The van der Waals surface area contributed by atoms with Crippen LogP contribution in [0.5, 0.6) is 0 Å². The van der Waals surface area contributed by atoms with Crippen LogP contribution in [0.25, 0.3) is 10.1 Å². The molecule has 6 heterocycles. The number of carbonyl (C=O) groups is 10. The molecule has 1 aromatic heterocycles. The molecule has 9 rings (SSSR count). The van der Waals surface area contributed by atoms with E-state index in [1.54, 1.807) is 17.0 Å². The molecule has 4 aromatic rings. The maximum absolute atomic E-state index is 14.7. The number of nitrogens with one attached hydrogen (secondary N) is 4. The SMILES string of the molecule is COC(=O)N1CC[C@H]2CC[C@@H](C(=O)N[C@@H](CCC(N)=O)C(=O)N[C@@H](Cc3ccc(F)cc3)C(=O)N3CCC(CCC#Cc4cccc5c4CN(C4CCC(=O)NC4=O)C5=O)CC3)N2C(=O)[C@@H](NC(=O)c2cc3cc(C(F)(F)P(=O)(O)O)ccc3s2)C1. The number of primary amides is 1. The lowest BCUT2D eigenvalue weighted by Crippen LogP contribution is -2.62. The lowest BCUT2D eigenvalue weighted by Gasteiger charge is -2.38. The van der Waals surface area contributed by atoms with Crippen LogP contribution in [0.2, 0.25) is 0 Å². The number of ether oxygens (including phenoxy) is 1. The van der Waals surface area contributed by atoms with Crippen LogP contribution in [0, 0.1) is 23.6 Å². The molecule has 456 valence electrons. The second kappa shape index (κ2) is 26.2. The number of piperidine rings is 2. The third-order valence-electron chi connectivity index (χ3n) is 16.4. The minimum atomic E-state index is -5.93. The van der Waals surface area contributed by atoms with Gasteiger partial charge in [-0.25, -0.2) is 9.18 Å². The Bertz CT molecular complexity index is 3490. The van der Waals surface area contributed by atoms with Crippen molar-refractivity contribution in [3.8, 4) is 11.8 Å². The summed E-state index contributed by atoms with van der Waals surface area (Å²) in [7, 11) is -4.80. The Morgan fingerprint density at radius 1 is 0.907 bits per heavy atom. The number of hydrogen-bond acceptors (Lipinski definition) is 13. The van der Waals surface area contributed by atoms with Gasteiger partial charge in [-0.15, -0.1) is 11.3 Å². The van der Waals surface area contributed by atoms with Crippen LogP contribution < -0.4 is 27.0 Å². The molecule has 3 aromatic carbocycles. The summed E-state index contributed by atoms with van der Waals surface area (Å²) in [4.78, 5) is 159. The van der Waals surface area contributed by atoms with Gasteiger partial charge >= 0.3 is 19.4 Å². The number of carbonyl (C=O) groups excluding carboxylic acids is 10. The fourth-order valence-corrected chi connectivity index (χ4v) is 13.1. The first kappa shape index (κ1) is 62.4. The van der Waals surface area contributed by atoms with E-state index in [0.717, 1.165) is 36.6 Å². The Morgan fingerprint density at radius 2 is 1.64 bits per heavy atom. The predicted molar refractivity (Wildman–Crippen MR) is 302 cm³/mol. The third kappa shape index (κ3) is 13.9. The van der Waals surface area contributed by atoms with Crippen molar-refractivity contribution in [1.29, 1.82) is 0 Å². The molecule has 5 aliphatic rings. The third-order valence-corrected chi connectivity index (χ3v) is 18.5. The summed E-state index contributed by atoms with van der Waals surface area (Å²) in [5.41, 5.74) is 2.34. The normalized spacial score (nSPS) is 20.8. The number of amides is 10. The second-order valence-electron chi connectivity index (χ2n) is 22.0. The molecule has 0 aliphatic carbocycles. The minimum absolute atomic E-state index is 0.0129. The van der Waals surface area contributed by atoms with E-state index in [4.69, 9.17) is 10.5 Å². The molecule has 86 heavy (non-hydrogen) atoms. The second-order valence-corrected chi connectivity index (χ2v) is 24.7. The van der Waals surface area contributed by atoms with E-state index in [9.17, 15) is 75.5 Å². The molecule has 0 spiro atoms. The van der Waals surface area contributed by atoms with Crippen molar-refractivity contribution in [2.75, 3.05) is 33.3 Å². The van der Waals surface area contributed by atoms with Gasteiger partial charge in [0.1, 0.15) is 36.0 Å². The summed E-state index contributed by atoms with van der Waals surface area (Å²) in [5.74, 6) is 0.247. The topological polar surface area (TPSA) is 325 Å². The van der Waals surface area contributed by atoms with E-state index in [-0.39, 0.29) is 97.2 Å². The van der Waals surface area contributed by atoms with E-state index < -0.39 is 115 Å². The lowest BCUT2D eigenvalue weighted by atomic mass is 9.91. The molecule has 23 nitrogen and oxygen atoms in total. The van der Waals surface area contributed by atoms with Gasteiger partial charge in [-0.2, -0.15) is 8.78 Å². The molecule has 10 amide bonds. The van der Waals surface area contributed by atoms with Crippen molar-refractivity contribution >= 4 is 88.3 Å². The highest BCUT2D eigenvalue weighted by Gasteiger charge is 2.51. The summed E-state index contributed by atoms with van der Waals surface area (Å²) in [5, 5.41) is 10.4. The number of thiophene rings is 1. The van der Waals surface area contributed by atoms with Crippen LogP contribution in [0.3, 0.4) is 0 Å². The van der Waals surface area contributed by atoms with E-state index in [1.807, 2.05) is 6.07 Å². The van der Waals surface area contributed by atoms with Gasteiger partial charge < -0.3 is 55.8 Å². The number of benzene rings is 3. The van der Waals surface area contributed by atoms with Crippen molar-refractivity contribution in [1.82, 2.24) is 40.9 Å². The highest BCUT2D eigenvalue weighted by atomic mass is 32.1. The molecule has 0 saturated carbocycles. The van der Waals surface area contributed by atoms with E-state index in [0.29, 0.717) is 61.0 Å². The van der Waals surface area contributed by atoms with Gasteiger partial charge in [-0.1, -0.05) is 36.1 Å². The van der Waals surface area contributed by atoms with Crippen LogP contribution in [-0.2, 0) is 61.5 Å². The van der Waals surface area contributed by atoms with Crippen molar-refractivity contribution in [2.24, 2.45) is 11.7 Å². The Balaban J connectivity index is 0.859. The number of rotatable bonds is 17. The zero-order valence-electron chi connectivity index (χ0n) is 46.6. The monoisotopic (exact) mass is 1230 g/mol. The molecule has 28 heteroatoms. The number of nitrogens with two attached hydrogens (primary N) is 1. The van der Waals surface area contributed by atoms with Gasteiger partial charge in [-0.3, -0.25) is 53.0 Å². The largest absolute Gasteiger partial charge is 0.453 e. The Morgan fingerprint density at radius 3 is 2.34 bits per heavy atom. The van der Waals surface area contributed by atoms with Gasteiger partial charge in [0.2, 0.25) is 41.4 Å². The average molecular weight is 1230 g/mol. The summed E-state index contributed by atoms with van der Waals surface area (Å²) >= 11 is 0.827. The number of nitrogens with zero attached hydrogens (tertiary/aromatic N) is 4. The predicted octanol–water partition coefficient (Wildman–Crippen LogP) is 3.51.